The number of nitrogens with zero attached hydrogens (tertiary/aromatic N) is 2. The van der Waals surface area contributed by atoms with E-state index in [1.165, 1.54) is 5.56 Å². The summed E-state index contributed by atoms with van der Waals surface area (Å²) in [7, 11) is 0. The highest BCUT2D eigenvalue weighted by atomic mass is 16.1. The molecule has 0 aliphatic carbocycles. The van der Waals surface area contributed by atoms with E-state index in [-0.39, 0.29) is 11.9 Å². The molecule has 1 unspecified atom stereocenters. The lowest BCUT2D eigenvalue weighted by Crippen LogP contribution is -2.29. The smallest absolute Gasteiger partial charge is 0.251 e. The van der Waals surface area contributed by atoms with Gasteiger partial charge in [0.05, 0.1) is 17.1 Å². The highest BCUT2D eigenvalue weighted by Crippen LogP contribution is 2.22. The van der Waals surface area contributed by atoms with Gasteiger partial charge in [-0.1, -0.05) is 60.2 Å². The molecule has 0 aliphatic rings. The van der Waals surface area contributed by atoms with Gasteiger partial charge in [-0.2, -0.15) is 0 Å². The number of fused-ring (bicyclic) bond motifs is 1. The molecule has 1 heterocycles. The standard InChI is InChI=1S/C25H25N3O/c1-18-9-8-12-21(17-18)25(29)26-19(2)24-27-22-13-6-7-14-23(22)28(24)16-15-20-10-4-3-5-11-20/h3-14,17,19H,15-16H2,1-2H3,(H,26,29). The Balaban J connectivity index is 1.61. The summed E-state index contributed by atoms with van der Waals surface area (Å²) in [6, 6.07) is 26.0. The Hall–Kier alpha value is -3.40. The van der Waals surface area contributed by atoms with E-state index in [2.05, 4.69) is 40.2 Å². The number of carbonyl (C=O) groups is 1. The van der Waals surface area contributed by atoms with Gasteiger partial charge in [-0.05, 0) is 50.1 Å². The third-order valence-corrected chi connectivity index (χ3v) is 5.17. The third-order valence-electron chi connectivity index (χ3n) is 5.17. The first-order chi connectivity index (χ1) is 14.1. The summed E-state index contributed by atoms with van der Waals surface area (Å²) in [6.07, 6.45) is 0.909. The Morgan fingerprint density at radius 1 is 1.00 bits per heavy atom. The molecule has 0 radical (unpaired) electrons. The van der Waals surface area contributed by atoms with Crippen LogP contribution in [0.3, 0.4) is 0 Å². The van der Waals surface area contributed by atoms with Crippen molar-refractivity contribution in [2.75, 3.05) is 0 Å². The van der Waals surface area contributed by atoms with E-state index >= 15 is 0 Å². The summed E-state index contributed by atoms with van der Waals surface area (Å²) in [4.78, 5) is 17.6. The highest BCUT2D eigenvalue weighted by Gasteiger charge is 2.19. The number of nitrogens with one attached hydrogen (secondary N) is 1. The van der Waals surface area contributed by atoms with Crippen LogP contribution in [0.25, 0.3) is 11.0 Å². The Morgan fingerprint density at radius 2 is 1.76 bits per heavy atom. The number of imidazole rings is 1. The molecule has 0 fully saturated rings. The minimum atomic E-state index is -0.203. The number of benzene rings is 3. The number of para-hydroxylation sites is 2. The molecule has 146 valence electrons. The summed E-state index contributed by atoms with van der Waals surface area (Å²) in [5.41, 5.74) is 5.07. The van der Waals surface area contributed by atoms with Crippen molar-refractivity contribution in [2.24, 2.45) is 0 Å². The van der Waals surface area contributed by atoms with Gasteiger partial charge in [-0.15, -0.1) is 0 Å². The van der Waals surface area contributed by atoms with Gasteiger partial charge in [0, 0.05) is 12.1 Å². The highest BCUT2D eigenvalue weighted by molar-refractivity contribution is 5.94. The van der Waals surface area contributed by atoms with Crippen molar-refractivity contribution >= 4 is 16.9 Å². The fraction of sp³-hybridized carbons (Fsp3) is 0.200. The maximum absolute atomic E-state index is 12.7. The van der Waals surface area contributed by atoms with Crippen LogP contribution in [-0.2, 0) is 13.0 Å². The zero-order valence-corrected chi connectivity index (χ0v) is 16.8. The van der Waals surface area contributed by atoms with Gasteiger partial charge in [0.15, 0.2) is 0 Å². The molecule has 1 atom stereocenters. The van der Waals surface area contributed by atoms with E-state index in [0.29, 0.717) is 5.56 Å². The van der Waals surface area contributed by atoms with E-state index in [9.17, 15) is 4.79 Å². The van der Waals surface area contributed by atoms with Crippen LogP contribution in [0.1, 0.15) is 40.3 Å². The van der Waals surface area contributed by atoms with E-state index in [0.717, 1.165) is 35.4 Å². The molecule has 1 aromatic heterocycles. The molecule has 1 N–H and O–H groups in total. The zero-order valence-electron chi connectivity index (χ0n) is 16.8. The SMILES string of the molecule is Cc1cccc(C(=O)NC(C)c2nc3ccccc3n2CCc2ccccc2)c1. The Morgan fingerprint density at radius 3 is 2.55 bits per heavy atom. The van der Waals surface area contributed by atoms with E-state index in [1.807, 2.05) is 62.4 Å². The van der Waals surface area contributed by atoms with Gasteiger partial charge in [0.2, 0.25) is 0 Å². The second kappa shape index (κ2) is 8.31. The number of aryl methyl sites for hydroxylation is 3. The first-order valence-corrected chi connectivity index (χ1v) is 9.98. The molecule has 29 heavy (non-hydrogen) atoms. The summed E-state index contributed by atoms with van der Waals surface area (Å²) >= 11 is 0. The molecule has 0 saturated heterocycles. The van der Waals surface area contributed by atoms with Crippen molar-refractivity contribution in [3.8, 4) is 0 Å². The quantitative estimate of drug-likeness (QED) is 0.505. The number of hydrogen-bond donors (Lipinski definition) is 1. The predicted octanol–water partition coefficient (Wildman–Crippen LogP) is 5.08. The van der Waals surface area contributed by atoms with Crippen LogP contribution < -0.4 is 5.32 Å². The largest absolute Gasteiger partial charge is 0.342 e. The molecule has 0 spiro atoms. The molecule has 4 aromatic rings. The van der Waals surface area contributed by atoms with Crippen LogP contribution >= 0.6 is 0 Å². The Labute approximate surface area is 171 Å². The first kappa shape index (κ1) is 18.9. The number of aromatic nitrogens is 2. The van der Waals surface area contributed by atoms with Gasteiger partial charge in [-0.25, -0.2) is 4.98 Å². The topological polar surface area (TPSA) is 46.9 Å². The van der Waals surface area contributed by atoms with Gasteiger partial charge >= 0.3 is 0 Å². The average Bonchev–Trinajstić information content (AvgIpc) is 3.12. The second-order valence-corrected chi connectivity index (χ2v) is 7.41. The zero-order chi connectivity index (χ0) is 20.2. The van der Waals surface area contributed by atoms with Gasteiger partial charge < -0.3 is 9.88 Å². The van der Waals surface area contributed by atoms with E-state index < -0.39 is 0 Å². The maximum atomic E-state index is 12.7. The molecule has 0 aliphatic heterocycles. The van der Waals surface area contributed by atoms with Gasteiger partial charge in [0.1, 0.15) is 5.82 Å². The van der Waals surface area contributed by atoms with Crippen LogP contribution in [0, 0.1) is 6.92 Å². The summed E-state index contributed by atoms with van der Waals surface area (Å²) < 4.78 is 2.23. The summed E-state index contributed by atoms with van der Waals surface area (Å²) in [5, 5.41) is 3.12. The Kier molecular flexibility index (Phi) is 5.43. The van der Waals surface area contributed by atoms with Crippen molar-refractivity contribution in [2.45, 2.75) is 32.9 Å². The number of rotatable bonds is 6. The lowest BCUT2D eigenvalue weighted by molar-refractivity contribution is 0.0937. The minimum Gasteiger partial charge on any atom is -0.342 e. The molecule has 4 nitrogen and oxygen atoms in total. The van der Waals surface area contributed by atoms with Crippen molar-refractivity contribution in [1.29, 1.82) is 0 Å². The lowest BCUT2D eigenvalue weighted by Gasteiger charge is -2.17. The summed E-state index contributed by atoms with van der Waals surface area (Å²) in [5.74, 6) is 0.797. The number of hydrogen-bond acceptors (Lipinski definition) is 2. The van der Waals surface area contributed by atoms with Crippen LogP contribution in [0.2, 0.25) is 0 Å². The fourth-order valence-electron chi connectivity index (χ4n) is 3.68. The normalized spacial score (nSPS) is 12.1. The van der Waals surface area contributed by atoms with Crippen LogP contribution in [0.5, 0.6) is 0 Å². The fourth-order valence-corrected chi connectivity index (χ4v) is 3.68. The van der Waals surface area contributed by atoms with Gasteiger partial charge in [0.25, 0.3) is 5.91 Å². The molecule has 1 amide bonds. The molecule has 4 heteroatoms. The monoisotopic (exact) mass is 383 g/mol. The summed E-state index contributed by atoms with van der Waals surface area (Å²) in [6.45, 7) is 4.79. The first-order valence-electron chi connectivity index (χ1n) is 9.98. The Bertz CT molecular complexity index is 1130. The maximum Gasteiger partial charge on any atom is 0.251 e. The van der Waals surface area contributed by atoms with Gasteiger partial charge in [-0.3, -0.25) is 4.79 Å². The van der Waals surface area contributed by atoms with Crippen LogP contribution in [0.15, 0.2) is 78.9 Å². The molecular weight excluding hydrogens is 358 g/mol. The third kappa shape index (κ3) is 4.21. The number of carbonyl (C=O) groups excluding carboxylic acids is 1. The number of amides is 1. The molecule has 0 saturated carbocycles. The molecular formula is C25H25N3O. The minimum absolute atomic E-state index is 0.0807. The molecule has 3 aromatic carbocycles. The lowest BCUT2D eigenvalue weighted by atomic mass is 10.1. The van der Waals surface area contributed by atoms with Crippen molar-refractivity contribution in [3.63, 3.8) is 0 Å². The average molecular weight is 383 g/mol. The molecule has 4 rings (SSSR count). The van der Waals surface area contributed by atoms with Crippen molar-refractivity contribution < 1.29 is 4.79 Å². The van der Waals surface area contributed by atoms with Crippen molar-refractivity contribution in [3.05, 3.63) is 101 Å². The van der Waals surface area contributed by atoms with Crippen molar-refractivity contribution in [1.82, 2.24) is 14.9 Å². The second-order valence-electron chi connectivity index (χ2n) is 7.41. The van der Waals surface area contributed by atoms with Crippen LogP contribution in [0.4, 0.5) is 0 Å². The molecule has 0 bridgehead atoms. The van der Waals surface area contributed by atoms with E-state index in [1.54, 1.807) is 0 Å². The van der Waals surface area contributed by atoms with E-state index in [4.69, 9.17) is 4.98 Å². The predicted molar refractivity (Wildman–Crippen MR) is 117 cm³/mol. The van der Waals surface area contributed by atoms with Crippen LogP contribution in [-0.4, -0.2) is 15.5 Å².